The number of hydrogen-bond acceptors (Lipinski definition) is 5. The molecule has 0 fully saturated rings. The van der Waals surface area contributed by atoms with Gasteiger partial charge < -0.3 is 5.32 Å². The molecule has 0 unspecified atom stereocenters. The van der Waals surface area contributed by atoms with Crippen LogP contribution >= 0.6 is 0 Å². The van der Waals surface area contributed by atoms with Crippen molar-refractivity contribution in [1.29, 1.82) is 0 Å². The summed E-state index contributed by atoms with van der Waals surface area (Å²) in [5.41, 5.74) is 4.44. The van der Waals surface area contributed by atoms with E-state index in [-0.39, 0.29) is 22.2 Å². The maximum atomic E-state index is 13.2. The number of hydrogen-bond donors (Lipinski definition) is 2. The first-order valence-electron chi connectivity index (χ1n) is 10.9. The van der Waals surface area contributed by atoms with Gasteiger partial charge in [0.25, 0.3) is 23.3 Å². The molecule has 3 amide bonds. The van der Waals surface area contributed by atoms with Crippen molar-refractivity contribution in [3.8, 4) is 11.3 Å². The van der Waals surface area contributed by atoms with Crippen molar-refractivity contribution in [2.24, 2.45) is 0 Å². The summed E-state index contributed by atoms with van der Waals surface area (Å²) in [6.07, 6.45) is 0. The number of H-pyrrole nitrogens is 1. The summed E-state index contributed by atoms with van der Waals surface area (Å²) in [7, 11) is 0. The number of nitrogens with one attached hydrogen (secondary N) is 2. The van der Waals surface area contributed by atoms with Gasteiger partial charge in [0.1, 0.15) is 0 Å². The SMILES string of the molecule is Cc1ccc(C)c(N2C(=O)c3ccc(C(=O)Nc4cccc(-c5ccc(=O)[nH]n5)c4)cc3C2=O)c1. The molecule has 2 N–H and O–H groups in total. The lowest BCUT2D eigenvalue weighted by molar-refractivity contribution is 0.0925. The summed E-state index contributed by atoms with van der Waals surface area (Å²) in [6, 6.07) is 20.0. The number of aryl methyl sites for hydroxylation is 2. The molecule has 35 heavy (non-hydrogen) atoms. The van der Waals surface area contributed by atoms with E-state index >= 15 is 0 Å². The van der Waals surface area contributed by atoms with Crippen LogP contribution in [0.25, 0.3) is 11.3 Å². The lowest BCUT2D eigenvalue weighted by atomic mass is 10.0. The Labute approximate surface area is 200 Å². The molecule has 172 valence electrons. The molecule has 2 heterocycles. The lowest BCUT2D eigenvalue weighted by Gasteiger charge is -2.17. The van der Waals surface area contributed by atoms with Crippen LogP contribution in [0.4, 0.5) is 11.4 Å². The van der Waals surface area contributed by atoms with Gasteiger partial charge in [-0.2, -0.15) is 5.10 Å². The minimum atomic E-state index is -0.459. The van der Waals surface area contributed by atoms with Crippen LogP contribution in [0.2, 0.25) is 0 Å². The zero-order valence-corrected chi connectivity index (χ0v) is 19.0. The molecule has 0 bridgehead atoms. The minimum absolute atomic E-state index is 0.190. The van der Waals surface area contributed by atoms with E-state index in [9.17, 15) is 19.2 Å². The molecule has 0 saturated heterocycles. The molecule has 1 aliphatic heterocycles. The molecular weight excluding hydrogens is 444 g/mol. The van der Waals surface area contributed by atoms with Crippen LogP contribution in [0.1, 0.15) is 42.2 Å². The van der Waals surface area contributed by atoms with Crippen LogP contribution in [0.5, 0.6) is 0 Å². The Hall–Kier alpha value is -4.85. The van der Waals surface area contributed by atoms with Crippen molar-refractivity contribution in [2.45, 2.75) is 13.8 Å². The average molecular weight is 464 g/mol. The van der Waals surface area contributed by atoms with Gasteiger partial charge >= 0.3 is 0 Å². The zero-order valence-electron chi connectivity index (χ0n) is 19.0. The number of aromatic amines is 1. The molecule has 0 atom stereocenters. The van der Waals surface area contributed by atoms with Crippen molar-refractivity contribution in [2.75, 3.05) is 10.2 Å². The van der Waals surface area contributed by atoms with Gasteiger partial charge in [-0.15, -0.1) is 0 Å². The predicted molar refractivity (Wildman–Crippen MR) is 132 cm³/mol. The number of benzene rings is 3. The maximum absolute atomic E-state index is 13.2. The van der Waals surface area contributed by atoms with Crippen molar-refractivity contribution in [3.63, 3.8) is 0 Å². The van der Waals surface area contributed by atoms with Crippen LogP contribution in [-0.2, 0) is 0 Å². The first kappa shape index (κ1) is 22.0. The maximum Gasteiger partial charge on any atom is 0.266 e. The van der Waals surface area contributed by atoms with Crippen molar-refractivity contribution in [1.82, 2.24) is 10.2 Å². The van der Waals surface area contributed by atoms with Crippen LogP contribution in [0, 0.1) is 13.8 Å². The van der Waals surface area contributed by atoms with E-state index in [1.54, 1.807) is 36.4 Å². The summed E-state index contributed by atoms with van der Waals surface area (Å²) in [5, 5.41) is 9.19. The summed E-state index contributed by atoms with van der Waals surface area (Å²) in [6.45, 7) is 3.74. The Morgan fingerprint density at radius 2 is 1.66 bits per heavy atom. The molecule has 0 radical (unpaired) electrons. The third kappa shape index (κ3) is 4.02. The second-order valence-electron chi connectivity index (χ2n) is 8.34. The first-order chi connectivity index (χ1) is 16.8. The number of nitrogens with zero attached hydrogens (tertiary/aromatic N) is 2. The first-order valence-corrected chi connectivity index (χ1v) is 10.9. The van der Waals surface area contributed by atoms with E-state index in [0.717, 1.165) is 16.0 Å². The van der Waals surface area contributed by atoms with Gasteiger partial charge in [0.2, 0.25) is 0 Å². The van der Waals surface area contributed by atoms with Crippen molar-refractivity contribution in [3.05, 3.63) is 111 Å². The van der Waals surface area contributed by atoms with Gasteiger partial charge in [0.05, 0.1) is 22.5 Å². The molecule has 3 aromatic carbocycles. The minimum Gasteiger partial charge on any atom is -0.322 e. The van der Waals surface area contributed by atoms with Gasteiger partial charge in [-0.25, -0.2) is 10.00 Å². The van der Waals surface area contributed by atoms with E-state index in [0.29, 0.717) is 22.6 Å². The third-order valence-corrected chi connectivity index (χ3v) is 5.85. The number of amides is 3. The number of rotatable bonds is 4. The molecule has 4 aromatic rings. The molecule has 1 aliphatic rings. The van der Waals surface area contributed by atoms with Crippen molar-refractivity contribution < 1.29 is 14.4 Å². The Balaban J connectivity index is 1.41. The zero-order chi connectivity index (χ0) is 24.7. The smallest absolute Gasteiger partial charge is 0.266 e. The van der Waals surface area contributed by atoms with Gasteiger partial charge in [-0.3, -0.25) is 19.2 Å². The molecular formula is C27H20N4O4. The van der Waals surface area contributed by atoms with E-state index in [1.165, 1.54) is 24.3 Å². The number of fused-ring (bicyclic) bond motifs is 1. The molecule has 0 aliphatic carbocycles. The van der Waals surface area contributed by atoms with E-state index in [4.69, 9.17) is 0 Å². The van der Waals surface area contributed by atoms with Gasteiger partial charge in [-0.05, 0) is 67.4 Å². The Bertz CT molecular complexity index is 1570. The monoisotopic (exact) mass is 464 g/mol. The normalized spacial score (nSPS) is 12.6. The number of carbonyl (C=O) groups is 3. The van der Waals surface area contributed by atoms with E-state index in [2.05, 4.69) is 15.5 Å². The highest BCUT2D eigenvalue weighted by Crippen LogP contribution is 2.32. The topological polar surface area (TPSA) is 112 Å². The van der Waals surface area contributed by atoms with Crippen LogP contribution < -0.4 is 15.8 Å². The Kier molecular flexibility index (Phi) is 5.33. The summed E-state index contributed by atoms with van der Waals surface area (Å²) < 4.78 is 0. The third-order valence-electron chi connectivity index (χ3n) is 5.85. The quantitative estimate of drug-likeness (QED) is 0.442. The molecule has 5 rings (SSSR count). The van der Waals surface area contributed by atoms with Crippen LogP contribution in [-0.4, -0.2) is 27.9 Å². The summed E-state index contributed by atoms with van der Waals surface area (Å²) in [5.74, 6) is -1.30. The van der Waals surface area contributed by atoms with Gasteiger partial charge in [-0.1, -0.05) is 24.3 Å². The van der Waals surface area contributed by atoms with Gasteiger partial charge in [0, 0.05) is 22.9 Å². The number of imide groups is 1. The fourth-order valence-electron chi connectivity index (χ4n) is 4.03. The number of carbonyl (C=O) groups excluding carboxylic acids is 3. The Morgan fingerprint density at radius 1 is 0.857 bits per heavy atom. The molecule has 8 nitrogen and oxygen atoms in total. The highest BCUT2D eigenvalue weighted by molar-refractivity contribution is 6.35. The molecule has 8 heteroatoms. The molecule has 0 saturated carbocycles. The van der Waals surface area contributed by atoms with Crippen LogP contribution in [0.3, 0.4) is 0 Å². The number of anilines is 2. The second-order valence-corrected chi connectivity index (χ2v) is 8.34. The van der Waals surface area contributed by atoms with Gasteiger partial charge in [0.15, 0.2) is 0 Å². The second kappa shape index (κ2) is 8.49. The summed E-state index contributed by atoms with van der Waals surface area (Å²) >= 11 is 0. The fraction of sp³-hybridized carbons (Fsp3) is 0.0741. The summed E-state index contributed by atoms with van der Waals surface area (Å²) in [4.78, 5) is 51.6. The largest absolute Gasteiger partial charge is 0.322 e. The van der Waals surface area contributed by atoms with E-state index in [1.807, 2.05) is 26.0 Å². The highest BCUT2D eigenvalue weighted by Gasteiger charge is 2.37. The predicted octanol–water partition coefficient (Wildman–Crippen LogP) is 4.11. The highest BCUT2D eigenvalue weighted by atomic mass is 16.2. The average Bonchev–Trinajstić information content (AvgIpc) is 3.10. The van der Waals surface area contributed by atoms with Crippen LogP contribution in [0.15, 0.2) is 77.6 Å². The van der Waals surface area contributed by atoms with Crippen molar-refractivity contribution >= 4 is 29.1 Å². The Morgan fingerprint density at radius 3 is 2.43 bits per heavy atom. The fourth-order valence-corrected chi connectivity index (χ4v) is 4.03. The lowest BCUT2D eigenvalue weighted by Crippen LogP contribution is -2.30. The standard InChI is InChI=1S/C27H20N4O4/c1-15-6-7-16(2)23(12-15)31-26(34)20-9-8-18(14-21(20)27(31)35)25(33)28-19-5-3-4-17(13-19)22-10-11-24(32)30-29-22/h3-14H,1-2H3,(H,28,33)(H,30,32). The number of aromatic nitrogens is 2. The molecule has 0 spiro atoms. The molecule has 1 aromatic heterocycles. The van der Waals surface area contributed by atoms with E-state index < -0.39 is 17.7 Å².